The SMILES string of the molecule is CCOC(=O)c1coc(NC(C)C(=O)OCC)n1. The maximum Gasteiger partial charge on any atom is 0.360 e. The Morgan fingerprint density at radius 2 is 2.06 bits per heavy atom. The summed E-state index contributed by atoms with van der Waals surface area (Å²) < 4.78 is 14.6. The van der Waals surface area contributed by atoms with Crippen LogP contribution in [0, 0.1) is 0 Å². The normalized spacial score (nSPS) is 11.7. The fourth-order valence-electron chi connectivity index (χ4n) is 1.15. The molecule has 0 saturated carbocycles. The molecule has 1 N–H and O–H groups in total. The molecule has 7 nitrogen and oxygen atoms in total. The number of oxazole rings is 1. The van der Waals surface area contributed by atoms with E-state index in [-0.39, 0.29) is 18.3 Å². The zero-order chi connectivity index (χ0) is 13.5. The average Bonchev–Trinajstić information content (AvgIpc) is 2.78. The third-order valence-electron chi connectivity index (χ3n) is 1.97. The Hall–Kier alpha value is -2.05. The number of carbonyl (C=O) groups excluding carboxylic acids is 2. The van der Waals surface area contributed by atoms with Crippen LogP contribution in [0.15, 0.2) is 10.7 Å². The first-order chi connectivity index (χ1) is 8.58. The van der Waals surface area contributed by atoms with E-state index in [1.54, 1.807) is 20.8 Å². The van der Waals surface area contributed by atoms with Crippen molar-refractivity contribution < 1.29 is 23.5 Å². The number of ether oxygens (including phenoxy) is 2. The summed E-state index contributed by atoms with van der Waals surface area (Å²) >= 11 is 0. The minimum absolute atomic E-state index is 0.0513. The Morgan fingerprint density at radius 1 is 1.39 bits per heavy atom. The molecule has 7 heteroatoms. The van der Waals surface area contributed by atoms with Gasteiger partial charge in [0.05, 0.1) is 13.2 Å². The Labute approximate surface area is 104 Å². The van der Waals surface area contributed by atoms with Gasteiger partial charge >= 0.3 is 11.9 Å². The van der Waals surface area contributed by atoms with Gasteiger partial charge in [-0.3, -0.25) is 0 Å². The van der Waals surface area contributed by atoms with Gasteiger partial charge in [0.25, 0.3) is 6.01 Å². The minimum Gasteiger partial charge on any atom is -0.464 e. The molecule has 0 bridgehead atoms. The van der Waals surface area contributed by atoms with E-state index < -0.39 is 18.0 Å². The van der Waals surface area contributed by atoms with Gasteiger partial charge in [0.2, 0.25) is 0 Å². The molecule has 1 aromatic rings. The second-order valence-electron chi connectivity index (χ2n) is 3.38. The Morgan fingerprint density at radius 3 is 2.67 bits per heavy atom. The van der Waals surface area contributed by atoms with Gasteiger partial charge in [-0.05, 0) is 20.8 Å². The highest BCUT2D eigenvalue weighted by Gasteiger charge is 2.18. The molecule has 0 spiro atoms. The smallest absolute Gasteiger partial charge is 0.360 e. The molecule has 18 heavy (non-hydrogen) atoms. The average molecular weight is 256 g/mol. The predicted octanol–water partition coefficient (Wildman–Crippen LogP) is 1.21. The summed E-state index contributed by atoms with van der Waals surface area (Å²) in [5.74, 6) is -0.994. The van der Waals surface area contributed by atoms with Gasteiger partial charge in [-0.1, -0.05) is 0 Å². The highest BCUT2D eigenvalue weighted by atomic mass is 16.5. The van der Waals surface area contributed by atoms with Crippen molar-refractivity contribution in [3.63, 3.8) is 0 Å². The summed E-state index contributed by atoms with van der Waals surface area (Å²) in [6.07, 6.45) is 1.16. The summed E-state index contributed by atoms with van der Waals surface area (Å²) in [7, 11) is 0. The molecule has 0 aliphatic carbocycles. The van der Waals surface area contributed by atoms with E-state index in [1.807, 2.05) is 0 Å². The van der Waals surface area contributed by atoms with E-state index in [9.17, 15) is 9.59 Å². The zero-order valence-electron chi connectivity index (χ0n) is 10.6. The van der Waals surface area contributed by atoms with Gasteiger partial charge in [0.1, 0.15) is 12.3 Å². The van der Waals surface area contributed by atoms with Crippen molar-refractivity contribution in [3.8, 4) is 0 Å². The number of esters is 2. The number of hydrogen-bond acceptors (Lipinski definition) is 7. The van der Waals surface area contributed by atoms with E-state index in [1.165, 1.54) is 0 Å². The lowest BCUT2D eigenvalue weighted by Gasteiger charge is -2.10. The van der Waals surface area contributed by atoms with Gasteiger partial charge in [-0.2, -0.15) is 4.98 Å². The summed E-state index contributed by atoms with van der Waals surface area (Å²) in [4.78, 5) is 26.5. The lowest BCUT2D eigenvalue weighted by molar-refractivity contribution is -0.143. The van der Waals surface area contributed by atoms with Crippen LogP contribution in [0.2, 0.25) is 0 Å². The molecule has 100 valence electrons. The maximum atomic E-state index is 11.3. The number of aromatic nitrogens is 1. The molecule has 1 atom stereocenters. The van der Waals surface area contributed by atoms with Crippen LogP contribution in [0.3, 0.4) is 0 Å². The number of nitrogens with zero attached hydrogens (tertiary/aromatic N) is 1. The lowest BCUT2D eigenvalue weighted by Crippen LogP contribution is -2.28. The summed E-state index contributed by atoms with van der Waals surface area (Å²) in [5.41, 5.74) is 0.0513. The number of hydrogen-bond donors (Lipinski definition) is 1. The first-order valence-electron chi connectivity index (χ1n) is 5.64. The molecule has 1 heterocycles. The fraction of sp³-hybridized carbons (Fsp3) is 0.545. The van der Waals surface area contributed by atoms with E-state index in [0.29, 0.717) is 6.61 Å². The lowest BCUT2D eigenvalue weighted by atomic mass is 10.3. The first-order valence-corrected chi connectivity index (χ1v) is 5.64. The van der Waals surface area contributed by atoms with Crippen LogP contribution in [0.1, 0.15) is 31.3 Å². The van der Waals surface area contributed by atoms with E-state index >= 15 is 0 Å². The van der Waals surface area contributed by atoms with Gasteiger partial charge in [-0.15, -0.1) is 0 Å². The van der Waals surface area contributed by atoms with Crippen LogP contribution in [-0.4, -0.2) is 36.2 Å². The molecule has 0 fully saturated rings. The van der Waals surface area contributed by atoms with E-state index in [4.69, 9.17) is 13.9 Å². The highest BCUT2D eigenvalue weighted by molar-refractivity contribution is 5.87. The monoisotopic (exact) mass is 256 g/mol. The summed E-state index contributed by atoms with van der Waals surface area (Å²) in [6.45, 7) is 5.57. The van der Waals surface area contributed by atoms with Crippen LogP contribution in [0.4, 0.5) is 6.01 Å². The number of carbonyl (C=O) groups is 2. The Balaban J connectivity index is 2.58. The van der Waals surface area contributed by atoms with Crippen molar-refractivity contribution in [2.45, 2.75) is 26.8 Å². The predicted molar refractivity (Wildman–Crippen MR) is 62.2 cm³/mol. The second-order valence-corrected chi connectivity index (χ2v) is 3.38. The van der Waals surface area contributed by atoms with Crippen molar-refractivity contribution in [2.24, 2.45) is 0 Å². The van der Waals surface area contributed by atoms with Crippen LogP contribution in [-0.2, 0) is 14.3 Å². The Kier molecular flexibility index (Phi) is 5.16. The maximum absolute atomic E-state index is 11.3. The van der Waals surface area contributed by atoms with Crippen LogP contribution >= 0.6 is 0 Å². The fourth-order valence-corrected chi connectivity index (χ4v) is 1.15. The van der Waals surface area contributed by atoms with Crippen molar-refractivity contribution in [1.82, 2.24) is 4.98 Å². The minimum atomic E-state index is -0.612. The summed E-state index contributed by atoms with van der Waals surface area (Å²) in [5, 5.41) is 2.68. The molecule has 1 rings (SSSR count). The summed E-state index contributed by atoms with van der Waals surface area (Å²) in [6, 6.07) is -0.544. The zero-order valence-corrected chi connectivity index (χ0v) is 10.6. The third kappa shape index (κ3) is 3.76. The molecule has 1 aromatic heterocycles. The van der Waals surface area contributed by atoms with Gasteiger partial charge in [0.15, 0.2) is 5.69 Å². The quantitative estimate of drug-likeness (QED) is 0.765. The Bertz CT molecular complexity index is 415. The van der Waals surface area contributed by atoms with Crippen LogP contribution in [0.5, 0.6) is 0 Å². The molecule has 0 radical (unpaired) electrons. The molecule has 0 amide bonds. The molecule has 0 aromatic carbocycles. The van der Waals surface area contributed by atoms with E-state index in [2.05, 4.69) is 10.3 Å². The van der Waals surface area contributed by atoms with Crippen LogP contribution in [0.25, 0.3) is 0 Å². The van der Waals surface area contributed by atoms with Crippen molar-refractivity contribution in [3.05, 3.63) is 12.0 Å². The molecular weight excluding hydrogens is 240 g/mol. The van der Waals surface area contributed by atoms with Crippen molar-refractivity contribution in [2.75, 3.05) is 18.5 Å². The molecule has 0 aliphatic rings. The number of nitrogens with one attached hydrogen (secondary N) is 1. The molecule has 0 aliphatic heterocycles. The molecule has 1 unspecified atom stereocenters. The van der Waals surface area contributed by atoms with Gasteiger partial charge in [-0.25, -0.2) is 9.59 Å². The van der Waals surface area contributed by atoms with Crippen LogP contribution < -0.4 is 5.32 Å². The largest absolute Gasteiger partial charge is 0.464 e. The standard InChI is InChI=1S/C11H16N2O5/c1-4-16-9(14)7(3)12-11-13-8(6-18-11)10(15)17-5-2/h6-7H,4-5H2,1-3H3,(H,12,13). The van der Waals surface area contributed by atoms with Gasteiger partial charge < -0.3 is 19.2 Å². The molecule has 0 saturated heterocycles. The molecular formula is C11H16N2O5. The van der Waals surface area contributed by atoms with E-state index in [0.717, 1.165) is 6.26 Å². The van der Waals surface area contributed by atoms with Gasteiger partial charge in [0, 0.05) is 0 Å². The number of anilines is 1. The topological polar surface area (TPSA) is 90.7 Å². The number of rotatable bonds is 6. The highest BCUT2D eigenvalue weighted by Crippen LogP contribution is 2.10. The van der Waals surface area contributed by atoms with Crippen molar-refractivity contribution in [1.29, 1.82) is 0 Å². The van der Waals surface area contributed by atoms with Crippen molar-refractivity contribution >= 4 is 18.0 Å². The first kappa shape index (κ1) is 14.0. The second kappa shape index (κ2) is 6.63. The third-order valence-corrected chi connectivity index (χ3v) is 1.97.